The maximum Gasteiger partial charge on any atom is 0.272 e. The number of piperidine rings is 1. The number of halogens is 2. The number of carbonyl (C=O) groups excluding carboxylic acids is 1. The fourth-order valence-corrected chi connectivity index (χ4v) is 4.16. The zero-order valence-electron chi connectivity index (χ0n) is 13.1. The molecule has 1 saturated carbocycles. The number of hydrogen-bond acceptors (Lipinski definition) is 3. The van der Waals surface area contributed by atoms with Crippen molar-refractivity contribution in [3.63, 3.8) is 0 Å². The number of carbonyl (C=O) groups is 1. The molecular formula is C16H27F2N3O. The van der Waals surface area contributed by atoms with Crippen molar-refractivity contribution in [2.24, 2.45) is 11.7 Å². The predicted molar refractivity (Wildman–Crippen MR) is 80.7 cm³/mol. The average Bonchev–Trinajstić information content (AvgIpc) is 2.52. The fraction of sp³-hybridized carbons (Fsp3) is 0.938. The summed E-state index contributed by atoms with van der Waals surface area (Å²) in [7, 11) is 0. The molecule has 2 N–H and O–H groups in total. The summed E-state index contributed by atoms with van der Waals surface area (Å²) in [6, 6.07) is -0.167. The van der Waals surface area contributed by atoms with Crippen molar-refractivity contribution in [3.8, 4) is 0 Å². The van der Waals surface area contributed by atoms with E-state index in [1.54, 1.807) is 0 Å². The van der Waals surface area contributed by atoms with Crippen LogP contribution in [0.4, 0.5) is 8.78 Å². The van der Waals surface area contributed by atoms with Gasteiger partial charge in [0.1, 0.15) is 0 Å². The summed E-state index contributed by atoms with van der Waals surface area (Å²) in [6.07, 6.45) is 7.31. The van der Waals surface area contributed by atoms with Gasteiger partial charge in [-0.25, -0.2) is 8.78 Å². The van der Waals surface area contributed by atoms with Crippen molar-refractivity contribution in [2.75, 3.05) is 26.2 Å². The van der Waals surface area contributed by atoms with Gasteiger partial charge in [0.2, 0.25) is 5.91 Å². The van der Waals surface area contributed by atoms with E-state index in [1.807, 2.05) is 9.80 Å². The number of rotatable bonds is 3. The van der Waals surface area contributed by atoms with Crippen LogP contribution >= 0.6 is 0 Å². The molecule has 1 aliphatic carbocycles. The molecule has 0 aromatic rings. The lowest BCUT2D eigenvalue weighted by Gasteiger charge is -2.47. The first-order valence-corrected chi connectivity index (χ1v) is 8.62. The van der Waals surface area contributed by atoms with Gasteiger partial charge in [-0.1, -0.05) is 19.3 Å². The second-order valence-corrected chi connectivity index (χ2v) is 7.24. The summed E-state index contributed by atoms with van der Waals surface area (Å²) in [5, 5.41) is 0. The van der Waals surface area contributed by atoms with Crippen LogP contribution in [0.2, 0.25) is 0 Å². The molecule has 0 spiro atoms. The molecule has 1 amide bonds. The van der Waals surface area contributed by atoms with Crippen molar-refractivity contribution < 1.29 is 13.6 Å². The Morgan fingerprint density at radius 1 is 1.05 bits per heavy atom. The smallest absolute Gasteiger partial charge is 0.272 e. The molecule has 0 bridgehead atoms. The van der Waals surface area contributed by atoms with Crippen LogP contribution < -0.4 is 5.73 Å². The Labute approximate surface area is 131 Å². The van der Waals surface area contributed by atoms with Crippen molar-refractivity contribution in [3.05, 3.63) is 0 Å². The van der Waals surface area contributed by atoms with Gasteiger partial charge in [0.15, 0.2) is 0 Å². The van der Waals surface area contributed by atoms with E-state index in [0.29, 0.717) is 19.0 Å². The quantitative estimate of drug-likeness (QED) is 0.864. The highest BCUT2D eigenvalue weighted by Gasteiger charge is 2.47. The topological polar surface area (TPSA) is 49.6 Å². The number of nitrogens with two attached hydrogens (primary N) is 1. The Hall–Kier alpha value is -0.750. The highest BCUT2D eigenvalue weighted by Crippen LogP contribution is 2.32. The summed E-state index contributed by atoms with van der Waals surface area (Å²) in [6.45, 7) is 1.08. The molecule has 0 aromatic heterocycles. The van der Waals surface area contributed by atoms with Crippen LogP contribution in [0.3, 0.4) is 0 Å². The first-order valence-electron chi connectivity index (χ1n) is 8.62. The lowest BCUT2D eigenvalue weighted by molar-refractivity contribution is -0.155. The molecule has 3 rings (SSSR count). The van der Waals surface area contributed by atoms with E-state index in [0.717, 1.165) is 25.7 Å². The van der Waals surface area contributed by atoms with E-state index in [4.69, 9.17) is 5.73 Å². The minimum absolute atomic E-state index is 0.0688. The Bertz CT molecular complexity index is 396. The van der Waals surface area contributed by atoms with Gasteiger partial charge in [-0.3, -0.25) is 9.69 Å². The molecule has 3 aliphatic rings. The van der Waals surface area contributed by atoms with Gasteiger partial charge >= 0.3 is 0 Å². The summed E-state index contributed by atoms with van der Waals surface area (Å²) < 4.78 is 25.9. The number of alkyl halides is 2. The van der Waals surface area contributed by atoms with Crippen LogP contribution in [0.15, 0.2) is 0 Å². The molecule has 3 fully saturated rings. The minimum Gasteiger partial charge on any atom is -0.341 e. The van der Waals surface area contributed by atoms with Gasteiger partial charge in [-0.05, 0) is 31.6 Å². The van der Waals surface area contributed by atoms with E-state index in [-0.39, 0.29) is 31.1 Å². The Morgan fingerprint density at radius 3 is 2.18 bits per heavy atom. The highest BCUT2D eigenvalue weighted by atomic mass is 19.3. The van der Waals surface area contributed by atoms with Crippen molar-refractivity contribution in [1.82, 2.24) is 9.80 Å². The Kier molecular flexibility index (Phi) is 4.69. The minimum atomic E-state index is -2.50. The fourth-order valence-electron chi connectivity index (χ4n) is 4.16. The lowest BCUT2D eigenvalue weighted by Crippen LogP contribution is -2.62. The maximum absolute atomic E-state index is 12.9. The SMILES string of the molecule is NC(C(=O)N1CCC(N2CC(F)(F)C2)CC1)C1CCCCC1. The first-order chi connectivity index (χ1) is 10.5. The standard InChI is InChI=1S/C16H27F2N3O/c17-16(18)10-21(11-16)13-6-8-20(9-7-13)15(22)14(19)12-4-2-1-3-5-12/h12-14H,1-11,19H2. The number of nitrogens with zero attached hydrogens (tertiary/aromatic N) is 2. The highest BCUT2D eigenvalue weighted by molar-refractivity contribution is 5.82. The first kappa shape index (κ1) is 16.1. The molecule has 22 heavy (non-hydrogen) atoms. The average molecular weight is 315 g/mol. The van der Waals surface area contributed by atoms with Crippen LogP contribution in [0.25, 0.3) is 0 Å². The molecule has 1 atom stereocenters. The summed E-state index contributed by atoms with van der Waals surface area (Å²) in [5.74, 6) is -2.11. The molecule has 4 nitrogen and oxygen atoms in total. The normalized spacial score (nSPS) is 29.1. The van der Waals surface area contributed by atoms with E-state index < -0.39 is 5.92 Å². The van der Waals surface area contributed by atoms with Crippen molar-refractivity contribution in [2.45, 2.75) is 63.0 Å². The van der Waals surface area contributed by atoms with Crippen molar-refractivity contribution >= 4 is 5.91 Å². The van der Waals surface area contributed by atoms with Gasteiger partial charge in [-0.15, -0.1) is 0 Å². The largest absolute Gasteiger partial charge is 0.341 e. The van der Waals surface area contributed by atoms with E-state index in [1.165, 1.54) is 19.3 Å². The molecule has 0 radical (unpaired) electrons. The van der Waals surface area contributed by atoms with Gasteiger partial charge in [0.05, 0.1) is 19.1 Å². The third kappa shape index (κ3) is 3.43. The van der Waals surface area contributed by atoms with Gasteiger partial charge in [-0.2, -0.15) is 0 Å². The molecule has 2 heterocycles. The maximum atomic E-state index is 12.9. The molecule has 6 heteroatoms. The van der Waals surface area contributed by atoms with Gasteiger partial charge < -0.3 is 10.6 Å². The molecule has 2 aliphatic heterocycles. The zero-order chi connectivity index (χ0) is 15.7. The number of likely N-dealkylation sites (tertiary alicyclic amines) is 2. The molecule has 0 aromatic carbocycles. The second-order valence-electron chi connectivity index (χ2n) is 7.24. The Morgan fingerprint density at radius 2 is 1.64 bits per heavy atom. The summed E-state index contributed by atoms with van der Waals surface area (Å²) in [5.41, 5.74) is 6.19. The summed E-state index contributed by atoms with van der Waals surface area (Å²) >= 11 is 0. The lowest BCUT2D eigenvalue weighted by atomic mass is 9.83. The van der Waals surface area contributed by atoms with Crippen LogP contribution in [-0.4, -0.2) is 59.9 Å². The van der Waals surface area contributed by atoms with Gasteiger partial charge in [0, 0.05) is 19.1 Å². The van der Waals surface area contributed by atoms with E-state index in [2.05, 4.69) is 0 Å². The van der Waals surface area contributed by atoms with E-state index >= 15 is 0 Å². The monoisotopic (exact) mass is 315 g/mol. The van der Waals surface area contributed by atoms with Crippen LogP contribution in [0, 0.1) is 5.92 Å². The van der Waals surface area contributed by atoms with Crippen LogP contribution in [0.5, 0.6) is 0 Å². The second kappa shape index (κ2) is 6.40. The van der Waals surface area contributed by atoms with Gasteiger partial charge in [0.25, 0.3) is 5.92 Å². The zero-order valence-corrected chi connectivity index (χ0v) is 13.1. The molecular weight excluding hydrogens is 288 g/mol. The molecule has 2 saturated heterocycles. The van der Waals surface area contributed by atoms with Crippen LogP contribution in [-0.2, 0) is 4.79 Å². The number of amides is 1. The van der Waals surface area contributed by atoms with Crippen LogP contribution in [0.1, 0.15) is 44.9 Å². The predicted octanol–water partition coefficient (Wildman–Crippen LogP) is 1.84. The molecule has 1 unspecified atom stereocenters. The third-order valence-electron chi connectivity index (χ3n) is 5.60. The van der Waals surface area contributed by atoms with E-state index in [9.17, 15) is 13.6 Å². The molecule has 126 valence electrons. The summed E-state index contributed by atoms with van der Waals surface area (Å²) in [4.78, 5) is 16.2. The number of hydrogen-bond donors (Lipinski definition) is 1. The third-order valence-corrected chi connectivity index (χ3v) is 5.60. The Balaban J connectivity index is 1.45. The van der Waals surface area contributed by atoms with Crippen molar-refractivity contribution in [1.29, 1.82) is 0 Å².